The summed E-state index contributed by atoms with van der Waals surface area (Å²) in [6.45, 7) is 1.48. The number of hydrogen-bond donors (Lipinski definition) is 1. The Kier molecular flexibility index (Phi) is 5.78. The molecule has 1 N–H and O–H groups in total. The van der Waals surface area contributed by atoms with Gasteiger partial charge in [-0.25, -0.2) is 13.4 Å². The standard InChI is InChI=1S/C21H23N5O4S/c22-13-15(20(27)23-16-7-11-31(29,30)14-16)12-17-19(25-8-3-1-4-9-25)24-18-6-2-5-10-26(18)21(17)28/h2,5-6,10,12,16H,1,3-4,7-9,11,14H2,(H,23,27)/b15-12+. The first-order chi connectivity index (χ1) is 14.9. The molecule has 162 valence electrons. The Morgan fingerprint density at radius 3 is 2.71 bits per heavy atom. The van der Waals surface area contributed by atoms with Crippen LogP contribution in [0, 0.1) is 11.3 Å². The molecule has 2 aromatic heterocycles. The van der Waals surface area contributed by atoms with Crippen LogP contribution in [0.5, 0.6) is 0 Å². The zero-order chi connectivity index (χ0) is 22.0. The van der Waals surface area contributed by atoms with Crippen LogP contribution in [0.4, 0.5) is 5.82 Å². The fourth-order valence-electron chi connectivity index (χ4n) is 4.03. The van der Waals surface area contributed by atoms with Gasteiger partial charge in [0.25, 0.3) is 11.5 Å². The number of carbonyl (C=O) groups excluding carboxylic acids is 1. The van der Waals surface area contributed by atoms with E-state index in [1.807, 2.05) is 11.0 Å². The Morgan fingerprint density at radius 2 is 2.03 bits per heavy atom. The molecule has 0 aromatic carbocycles. The molecule has 2 aliphatic heterocycles. The van der Waals surface area contributed by atoms with Gasteiger partial charge in [-0.05, 0) is 43.9 Å². The lowest BCUT2D eigenvalue weighted by atomic mass is 10.1. The maximum Gasteiger partial charge on any atom is 0.267 e. The summed E-state index contributed by atoms with van der Waals surface area (Å²) in [6, 6.07) is 6.56. The van der Waals surface area contributed by atoms with E-state index in [0.29, 0.717) is 17.9 Å². The summed E-state index contributed by atoms with van der Waals surface area (Å²) in [4.78, 5) is 32.6. The molecule has 2 aromatic rings. The van der Waals surface area contributed by atoms with E-state index in [1.54, 1.807) is 24.4 Å². The molecular weight excluding hydrogens is 418 g/mol. The fraction of sp³-hybridized carbons (Fsp3) is 0.429. The second-order valence-corrected chi connectivity index (χ2v) is 10.1. The molecule has 2 fully saturated rings. The zero-order valence-electron chi connectivity index (χ0n) is 17.0. The lowest BCUT2D eigenvalue weighted by Gasteiger charge is -2.29. The van der Waals surface area contributed by atoms with Crippen LogP contribution in [0.1, 0.15) is 31.2 Å². The van der Waals surface area contributed by atoms with Gasteiger partial charge in [0.2, 0.25) is 0 Å². The number of rotatable bonds is 4. The first kappa shape index (κ1) is 21.1. The molecule has 1 atom stereocenters. The number of aromatic nitrogens is 2. The summed E-state index contributed by atoms with van der Waals surface area (Å²) in [7, 11) is -3.17. The van der Waals surface area contributed by atoms with Crippen molar-refractivity contribution in [1.82, 2.24) is 14.7 Å². The van der Waals surface area contributed by atoms with Crippen LogP contribution in [0.2, 0.25) is 0 Å². The van der Waals surface area contributed by atoms with Crippen molar-refractivity contribution in [3.63, 3.8) is 0 Å². The molecule has 0 bridgehead atoms. The molecule has 0 spiro atoms. The van der Waals surface area contributed by atoms with Gasteiger partial charge in [0.05, 0.1) is 17.1 Å². The fourth-order valence-corrected chi connectivity index (χ4v) is 5.70. The highest BCUT2D eigenvalue weighted by molar-refractivity contribution is 7.91. The number of nitrogens with zero attached hydrogens (tertiary/aromatic N) is 4. The van der Waals surface area contributed by atoms with Crippen LogP contribution in [0.15, 0.2) is 34.8 Å². The SMILES string of the molecule is N#C/C(=C\c1c(N2CCCCC2)nc2ccccn2c1=O)C(=O)NC1CCS(=O)(=O)C1. The topological polar surface area (TPSA) is 125 Å². The van der Waals surface area contributed by atoms with Crippen molar-refractivity contribution in [2.24, 2.45) is 0 Å². The van der Waals surface area contributed by atoms with Crippen molar-refractivity contribution in [3.8, 4) is 6.07 Å². The summed E-state index contributed by atoms with van der Waals surface area (Å²) in [6.07, 6.45) is 6.23. The third-order valence-electron chi connectivity index (χ3n) is 5.63. The highest BCUT2D eigenvalue weighted by atomic mass is 32.2. The molecular formula is C21H23N5O4S. The Balaban J connectivity index is 1.74. The van der Waals surface area contributed by atoms with Gasteiger partial charge in [-0.3, -0.25) is 14.0 Å². The Hall–Kier alpha value is -3.19. The predicted octanol–water partition coefficient (Wildman–Crippen LogP) is 0.895. The average molecular weight is 442 g/mol. The van der Waals surface area contributed by atoms with Crippen LogP contribution >= 0.6 is 0 Å². The van der Waals surface area contributed by atoms with Crippen molar-refractivity contribution < 1.29 is 13.2 Å². The van der Waals surface area contributed by atoms with Gasteiger partial charge in [-0.15, -0.1) is 0 Å². The molecule has 9 nitrogen and oxygen atoms in total. The number of nitrogens with one attached hydrogen (secondary N) is 1. The quantitative estimate of drug-likeness (QED) is 0.552. The van der Waals surface area contributed by atoms with Gasteiger partial charge in [0.15, 0.2) is 9.84 Å². The number of fused-ring (bicyclic) bond motifs is 1. The van der Waals surface area contributed by atoms with Gasteiger partial charge < -0.3 is 10.2 Å². The van der Waals surface area contributed by atoms with Crippen LogP contribution in [0.3, 0.4) is 0 Å². The Labute approximate surface area is 179 Å². The molecule has 4 heterocycles. The van der Waals surface area contributed by atoms with Crippen LogP contribution in [-0.4, -0.2) is 54.3 Å². The van der Waals surface area contributed by atoms with Crippen molar-refractivity contribution in [2.45, 2.75) is 31.7 Å². The Bertz CT molecular complexity index is 1250. The highest BCUT2D eigenvalue weighted by Gasteiger charge is 2.30. The van der Waals surface area contributed by atoms with Crippen molar-refractivity contribution >= 4 is 33.3 Å². The molecule has 0 saturated carbocycles. The highest BCUT2D eigenvalue weighted by Crippen LogP contribution is 2.23. The van der Waals surface area contributed by atoms with Gasteiger partial charge in [0, 0.05) is 25.3 Å². The maximum absolute atomic E-state index is 13.2. The van der Waals surface area contributed by atoms with Crippen molar-refractivity contribution in [1.29, 1.82) is 5.26 Å². The van der Waals surface area contributed by atoms with E-state index in [4.69, 9.17) is 0 Å². The number of pyridine rings is 1. The third kappa shape index (κ3) is 4.46. The van der Waals surface area contributed by atoms with E-state index < -0.39 is 21.8 Å². The second kappa shape index (κ2) is 8.51. The molecule has 0 radical (unpaired) electrons. The first-order valence-corrected chi connectivity index (χ1v) is 12.1. The van der Waals surface area contributed by atoms with Gasteiger partial charge >= 0.3 is 0 Å². The predicted molar refractivity (Wildman–Crippen MR) is 116 cm³/mol. The van der Waals surface area contributed by atoms with Crippen LogP contribution in [0.25, 0.3) is 11.7 Å². The van der Waals surface area contributed by atoms with Crippen molar-refractivity contribution in [3.05, 3.63) is 45.9 Å². The number of nitriles is 1. The minimum atomic E-state index is -3.17. The molecule has 2 saturated heterocycles. The maximum atomic E-state index is 13.2. The largest absolute Gasteiger partial charge is 0.356 e. The number of amides is 1. The summed E-state index contributed by atoms with van der Waals surface area (Å²) >= 11 is 0. The zero-order valence-corrected chi connectivity index (χ0v) is 17.8. The second-order valence-electron chi connectivity index (χ2n) is 7.87. The number of hydrogen-bond acceptors (Lipinski definition) is 7. The van der Waals surface area contributed by atoms with E-state index in [2.05, 4.69) is 10.3 Å². The van der Waals surface area contributed by atoms with Crippen LogP contribution < -0.4 is 15.8 Å². The molecule has 31 heavy (non-hydrogen) atoms. The summed E-state index contributed by atoms with van der Waals surface area (Å²) in [5, 5.41) is 12.2. The van der Waals surface area contributed by atoms with Gasteiger partial charge in [-0.2, -0.15) is 5.26 Å². The first-order valence-electron chi connectivity index (χ1n) is 10.3. The molecule has 4 rings (SSSR count). The normalized spacial score (nSPS) is 21.1. The van der Waals surface area contributed by atoms with E-state index in [-0.39, 0.29) is 28.2 Å². The molecule has 10 heteroatoms. The number of carbonyl (C=O) groups is 1. The Morgan fingerprint density at radius 1 is 1.26 bits per heavy atom. The average Bonchev–Trinajstić information content (AvgIpc) is 3.11. The molecule has 0 aliphatic carbocycles. The summed E-state index contributed by atoms with van der Waals surface area (Å²) in [5.74, 6) is -0.360. The van der Waals surface area contributed by atoms with Crippen LogP contribution in [-0.2, 0) is 14.6 Å². The molecule has 1 unspecified atom stereocenters. The summed E-state index contributed by atoms with van der Waals surface area (Å²) < 4.78 is 24.7. The monoisotopic (exact) mass is 441 g/mol. The lowest BCUT2D eigenvalue weighted by Crippen LogP contribution is -2.36. The smallest absolute Gasteiger partial charge is 0.267 e. The van der Waals surface area contributed by atoms with E-state index in [1.165, 1.54) is 10.5 Å². The van der Waals surface area contributed by atoms with E-state index in [0.717, 1.165) is 32.4 Å². The van der Waals surface area contributed by atoms with E-state index >= 15 is 0 Å². The number of sulfone groups is 1. The van der Waals surface area contributed by atoms with Gasteiger partial charge in [0.1, 0.15) is 23.1 Å². The number of piperidine rings is 1. The van der Waals surface area contributed by atoms with Gasteiger partial charge in [-0.1, -0.05) is 6.07 Å². The van der Waals surface area contributed by atoms with E-state index in [9.17, 15) is 23.3 Å². The van der Waals surface area contributed by atoms with Crippen molar-refractivity contribution in [2.75, 3.05) is 29.5 Å². The summed E-state index contributed by atoms with van der Waals surface area (Å²) in [5.41, 5.74) is 0.0493. The molecule has 1 amide bonds. The number of anilines is 1. The third-order valence-corrected chi connectivity index (χ3v) is 7.39. The molecule has 2 aliphatic rings. The minimum absolute atomic E-state index is 0.0125. The lowest BCUT2D eigenvalue weighted by molar-refractivity contribution is -0.117. The minimum Gasteiger partial charge on any atom is -0.356 e.